The van der Waals surface area contributed by atoms with Crippen molar-refractivity contribution in [1.29, 1.82) is 5.26 Å². The second-order valence-corrected chi connectivity index (χ2v) is 4.63. The number of imidazole rings is 1. The van der Waals surface area contributed by atoms with E-state index in [1.54, 1.807) is 0 Å². The fourth-order valence-electron chi connectivity index (χ4n) is 2.43. The zero-order valence-electron chi connectivity index (χ0n) is 11.4. The van der Waals surface area contributed by atoms with Gasteiger partial charge in [0.2, 0.25) is 5.95 Å². The Morgan fingerprint density at radius 1 is 1.40 bits per heavy atom. The summed E-state index contributed by atoms with van der Waals surface area (Å²) < 4.78 is 7.39. The molecule has 0 atom stereocenters. The molecule has 5 heteroatoms. The molecule has 1 aromatic heterocycles. The van der Waals surface area contributed by atoms with Crippen LogP contribution in [0.4, 0.5) is 5.95 Å². The minimum absolute atomic E-state index is 0.622. The van der Waals surface area contributed by atoms with E-state index in [9.17, 15) is 5.26 Å². The van der Waals surface area contributed by atoms with Crippen LogP contribution in [0.1, 0.15) is 19.0 Å². The monoisotopic (exact) mass is 268 g/mol. The van der Waals surface area contributed by atoms with Gasteiger partial charge in [-0.3, -0.25) is 0 Å². The molecule has 20 heavy (non-hydrogen) atoms. The summed E-state index contributed by atoms with van der Waals surface area (Å²) in [6, 6.07) is 9.98. The van der Waals surface area contributed by atoms with E-state index in [1.807, 2.05) is 35.8 Å². The molecule has 1 aliphatic heterocycles. The fourth-order valence-corrected chi connectivity index (χ4v) is 2.43. The summed E-state index contributed by atoms with van der Waals surface area (Å²) in [5, 5.41) is 12.6. The van der Waals surface area contributed by atoms with Crippen molar-refractivity contribution >= 4 is 5.95 Å². The Morgan fingerprint density at radius 3 is 2.90 bits per heavy atom. The maximum Gasteiger partial charge on any atom is 0.204 e. The molecule has 0 radical (unpaired) electrons. The van der Waals surface area contributed by atoms with E-state index >= 15 is 0 Å². The fraction of sp³-hybridized carbons (Fsp3) is 0.333. The number of rotatable bonds is 3. The van der Waals surface area contributed by atoms with Crippen LogP contribution in [0.25, 0.3) is 11.3 Å². The Balaban J connectivity index is 2.01. The van der Waals surface area contributed by atoms with Crippen molar-refractivity contribution < 1.29 is 4.74 Å². The Hall–Kier alpha value is -2.48. The number of benzene rings is 1. The van der Waals surface area contributed by atoms with Gasteiger partial charge in [0.1, 0.15) is 23.2 Å². The van der Waals surface area contributed by atoms with Crippen molar-refractivity contribution in [2.75, 3.05) is 18.5 Å². The van der Waals surface area contributed by atoms with Crippen LogP contribution in [0.15, 0.2) is 24.3 Å². The first-order chi connectivity index (χ1) is 9.83. The van der Waals surface area contributed by atoms with Crippen LogP contribution >= 0.6 is 0 Å². The SMILES string of the molecule is CCOc1ccc(-c2nc3n(c2C#N)CCCN3)cc1. The highest BCUT2D eigenvalue weighted by Crippen LogP contribution is 2.29. The summed E-state index contributed by atoms with van der Waals surface area (Å²) in [5.74, 6) is 1.62. The van der Waals surface area contributed by atoms with Crippen LogP contribution in [0.2, 0.25) is 0 Å². The van der Waals surface area contributed by atoms with Crippen LogP contribution in [-0.2, 0) is 6.54 Å². The number of hydrogen-bond acceptors (Lipinski definition) is 4. The number of aromatic nitrogens is 2. The molecule has 0 amide bonds. The van der Waals surface area contributed by atoms with Gasteiger partial charge in [0.15, 0.2) is 0 Å². The number of hydrogen-bond donors (Lipinski definition) is 1. The van der Waals surface area contributed by atoms with Crippen molar-refractivity contribution in [3.8, 4) is 23.1 Å². The lowest BCUT2D eigenvalue weighted by Gasteiger charge is -2.15. The van der Waals surface area contributed by atoms with Gasteiger partial charge in [0, 0.05) is 18.7 Å². The third-order valence-electron chi connectivity index (χ3n) is 3.35. The zero-order valence-corrected chi connectivity index (χ0v) is 11.4. The predicted octanol–water partition coefficient (Wildman–Crippen LogP) is 2.64. The van der Waals surface area contributed by atoms with Gasteiger partial charge < -0.3 is 14.6 Å². The third-order valence-corrected chi connectivity index (χ3v) is 3.35. The van der Waals surface area contributed by atoms with Gasteiger partial charge in [-0.15, -0.1) is 0 Å². The first kappa shape index (κ1) is 12.5. The average molecular weight is 268 g/mol. The van der Waals surface area contributed by atoms with Gasteiger partial charge in [0.05, 0.1) is 6.61 Å². The molecule has 0 aliphatic carbocycles. The first-order valence-corrected chi connectivity index (χ1v) is 6.81. The minimum atomic E-state index is 0.622. The average Bonchev–Trinajstić information content (AvgIpc) is 2.87. The minimum Gasteiger partial charge on any atom is -0.494 e. The van der Waals surface area contributed by atoms with Crippen LogP contribution in [-0.4, -0.2) is 22.7 Å². The maximum atomic E-state index is 9.40. The van der Waals surface area contributed by atoms with Gasteiger partial charge in [-0.25, -0.2) is 4.98 Å². The standard InChI is InChI=1S/C15H16N4O/c1-2-20-12-6-4-11(5-7-12)14-13(10-16)19-9-3-8-17-15(19)18-14/h4-7H,2-3,8-9H2,1H3,(H,17,18). The highest BCUT2D eigenvalue weighted by atomic mass is 16.5. The van der Waals surface area contributed by atoms with Gasteiger partial charge >= 0.3 is 0 Å². The molecule has 0 unspecified atom stereocenters. The lowest BCUT2D eigenvalue weighted by molar-refractivity contribution is 0.340. The predicted molar refractivity (Wildman–Crippen MR) is 76.7 cm³/mol. The van der Waals surface area contributed by atoms with Crippen LogP contribution in [0.5, 0.6) is 5.75 Å². The Kier molecular flexibility index (Phi) is 3.30. The van der Waals surface area contributed by atoms with E-state index in [2.05, 4.69) is 16.4 Å². The second-order valence-electron chi connectivity index (χ2n) is 4.63. The molecule has 0 saturated carbocycles. The van der Waals surface area contributed by atoms with E-state index < -0.39 is 0 Å². The smallest absolute Gasteiger partial charge is 0.204 e. The van der Waals surface area contributed by atoms with E-state index in [-0.39, 0.29) is 0 Å². The van der Waals surface area contributed by atoms with Crippen molar-refractivity contribution in [1.82, 2.24) is 9.55 Å². The molecule has 2 aromatic rings. The lowest BCUT2D eigenvalue weighted by atomic mass is 10.1. The van der Waals surface area contributed by atoms with Crippen molar-refractivity contribution in [3.05, 3.63) is 30.0 Å². The van der Waals surface area contributed by atoms with E-state index in [0.29, 0.717) is 12.3 Å². The topological polar surface area (TPSA) is 62.9 Å². The molecular weight excluding hydrogens is 252 g/mol. The van der Waals surface area contributed by atoms with Gasteiger partial charge in [-0.1, -0.05) is 0 Å². The van der Waals surface area contributed by atoms with Crippen LogP contribution < -0.4 is 10.1 Å². The van der Waals surface area contributed by atoms with Gasteiger partial charge in [-0.2, -0.15) is 5.26 Å². The molecule has 1 N–H and O–H groups in total. The second kappa shape index (κ2) is 5.25. The summed E-state index contributed by atoms with van der Waals surface area (Å²) in [5.41, 5.74) is 2.30. The lowest BCUT2D eigenvalue weighted by Crippen LogP contribution is -2.18. The van der Waals surface area contributed by atoms with E-state index in [4.69, 9.17) is 4.74 Å². The summed E-state index contributed by atoms with van der Waals surface area (Å²) >= 11 is 0. The van der Waals surface area contributed by atoms with Crippen molar-refractivity contribution in [2.45, 2.75) is 19.9 Å². The molecule has 5 nitrogen and oxygen atoms in total. The van der Waals surface area contributed by atoms with E-state index in [1.165, 1.54) is 0 Å². The summed E-state index contributed by atoms with van der Waals surface area (Å²) in [6.07, 6.45) is 1.01. The molecule has 1 aromatic carbocycles. The quantitative estimate of drug-likeness (QED) is 0.929. The van der Waals surface area contributed by atoms with Crippen LogP contribution in [0, 0.1) is 11.3 Å². The Labute approximate surface area is 117 Å². The molecule has 102 valence electrons. The molecule has 2 heterocycles. The molecule has 0 spiro atoms. The largest absolute Gasteiger partial charge is 0.494 e. The number of nitrogens with one attached hydrogen (secondary N) is 1. The first-order valence-electron chi connectivity index (χ1n) is 6.81. The van der Waals surface area contributed by atoms with E-state index in [0.717, 1.165) is 42.5 Å². The van der Waals surface area contributed by atoms with Crippen LogP contribution in [0.3, 0.4) is 0 Å². The Bertz CT molecular complexity index is 652. The normalized spacial score (nSPS) is 13.2. The number of nitrogens with zero attached hydrogens (tertiary/aromatic N) is 3. The number of fused-ring (bicyclic) bond motifs is 1. The van der Waals surface area contributed by atoms with Gasteiger partial charge in [0.25, 0.3) is 0 Å². The summed E-state index contributed by atoms with van der Waals surface area (Å²) in [6.45, 7) is 4.35. The maximum absolute atomic E-state index is 9.40. The summed E-state index contributed by atoms with van der Waals surface area (Å²) in [4.78, 5) is 4.56. The number of anilines is 1. The Morgan fingerprint density at radius 2 is 2.20 bits per heavy atom. The number of nitriles is 1. The molecule has 0 saturated heterocycles. The molecule has 1 aliphatic rings. The van der Waals surface area contributed by atoms with Crippen molar-refractivity contribution in [3.63, 3.8) is 0 Å². The highest BCUT2D eigenvalue weighted by molar-refractivity contribution is 5.68. The molecule has 0 fully saturated rings. The zero-order chi connectivity index (χ0) is 13.9. The molecule has 3 rings (SSSR count). The number of ether oxygens (including phenoxy) is 1. The highest BCUT2D eigenvalue weighted by Gasteiger charge is 2.20. The van der Waals surface area contributed by atoms with Crippen molar-refractivity contribution in [2.24, 2.45) is 0 Å². The summed E-state index contributed by atoms with van der Waals surface area (Å²) in [7, 11) is 0. The third kappa shape index (κ3) is 2.10. The molecule has 0 bridgehead atoms. The molecular formula is C15H16N4O. The van der Waals surface area contributed by atoms with Gasteiger partial charge in [-0.05, 0) is 37.6 Å².